The molecule has 0 saturated carbocycles. The van der Waals surface area contributed by atoms with Crippen molar-refractivity contribution in [2.24, 2.45) is 0 Å². The lowest BCUT2D eigenvalue weighted by molar-refractivity contribution is 0.673. The summed E-state index contributed by atoms with van der Waals surface area (Å²) in [6.45, 7) is 0. The molecule has 0 aliphatic heterocycles. The highest BCUT2D eigenvalue weighted by molar-refractivity contribution is 6.28. The highest BCUT2D eigenvalue weighted by atomic mass is 16.3. The van der Waals surface area contributed by atoms with Gasteiger partial charge in [-0.15, -0.1) is 0 Å². The van der Waals surface area contributed by atoms with E-state index in [1.165, 1.54) is 37.7 Å². The fraction of sp³-hybridized carbons (Fsp3) is 0. The maximum Gasteiger partial charge on any atom is 0.164 e. The molecule has 0 N–H and O–H groups in total. The maximum absolute atomic E-state index is 6.85. The van der Waals surface area contributed by atoms with Crippen LogP contribution in [0.4, 0.5) is 0 Å². The maximum atomic E-state index is 6.85. The number of furan rings is 1. The van der Waals surface area contributed by atoms with Crippen molar-refractivity contribution in [1.82, 2.24) is 19.5 Å². The van der Waals surface area contributed by atoms with Crippen LogP contribution >= 0.6 is 0 Å². The first kappa shape index (κ1) is 38.6. The highest BCUT2D eigenvalue weighted by Crippen LogP contribution is 2.46. The first-order chi connectivity index (χ1) is 34.7. The largest absolute Gasteiger partial charge is 0.455 e. The van der Waals surface area contributed by atoms with Gasteiger partial charge in [0.2, 0.25) is 0 Å². The standard InChI is InChI=1S/C65H38N4O/c1-2-17-39(18-3-1)63-66-64(68-65(67-63)53-30-16-29-50-47-24-9-8-23-45(47)46-25-10-11-27-49(46)60(50)53)51-34-33-43(69-57-31-14-12-26-48(57)55-35-40-19-4-5-20-41(40)37-58(55)69)38-54(51)56-36-42-21-6-7-22-44(42)62-61(56)52-28-13-15-32-59(52)70-62/h1-38H. The van der Waals surface area contributed by atoms with Crippen LogP contribution in [0, 0.1) is 0 Å². The monoisotopic (exact) mass is 890 g/mol. The van der Waals surface area contributed by atoms with Crippen molar-refractivity contribution >= 4 is 97.6 Å². The average molecular weight is 891 g/mol. The summed E-state index contributed by atoms with van der Waals surface area (Å²) < 4.78 is 9.26. The average Bonchev–Trinajstić information content (AvgIpc) is 3.98. The van der Waals surface area contributed by atoms with Crippen molar-refractivity contribution in [3.05, 3.63) is 231 Å². The van der Waals surface area contributed by atoms with E-state index in [2.05, 4.69) is 211 Å². The topological polar surface area (TPSA) is 56.7 Å². The molecule has 5 heteroatoms. The molecule has 0 spiro atoms. The highest BCUT2D eigenvalue weighted by Gasteiger charge is 2.24. The van der Waals surface area contributed by atoms with Crippen LogP contribution in [0.5, 0.6) is 0 Å². The Bertz CT molecular complexity index is 4620. The Labute approximate surface area is 401 Å². The van der Waals surface area contributed by atoms with Gasteiger partial charge in [0.25, 0.3) is 0 Å². The van der Waals surface area contributed by atoms with Crippen molar-refractivity contribution in [2.45, 2.75) is 0 Å². The number of aromatic nitrogens is 4. The summed E-state index contributed by atoms with van der Waals surface area (Å²) in [5.41, 5.74) is 9.75. The molecule has 0 aliphatic rings. The molecule has 0 fully saturated rings. The van der Waals surface area contributed by atoms with Crippen LogP contribution in [0.2, 0.25) is 0 Å². The number of rotatable bonds is 5. The Kier molecular flexibility index (Phi) is 8.29. The fourth-order valence-corrected chi connectivity index (χ4v) is 11.3. The number of hydrogen-bond acceptors (Lipinski definition) is 4. The van der Waals surface area contributed by atoms with Crippen molar-refractivity contribution in [3.63, 3.8) is 0 Å². The summed E-state index contributed by atoms with van der Waals surface area (Å²) >= 11 is 0. The van der Waals surface area contributed by atoms with Gasteiger partial charge in [-0.2, -0.15) is 0 Å². The molecule has 5 nitrogen and oxygen atoms in total. The molecule has 0 atom stereocenters. The minimum Gasteiger partial charge on any atom is -0.455 e. The number of fused-ring (bicyclic) bond motifs is 15. The van der Waals surface area contributed by atoms with Gasteiger partial charge in [0.1, 0.15) is 11.2 Å². The molecule has 0 amide bonds. The molecule has 0 saturated heterocycles. The lowest BCUT2D eigenvalue weighted by Crippen LogP contribution is -2.03. The van der Waals surface area contributed by atoms with E-state index >= 15 is 0 Å². The van der Waals surface area contributed by atoms with Gasteiger partial charge >= 0.3 is 0 Å². The van der Waals surface area contributed by atoms with Gasteiger partial charge in [-0.25, -0.2) is 15.0 Å². The molecule has 15 aromatic rings. The van der Waals surface area contributed by atoms with Crippen molar-refractivity contribution in [2.75, 3.05) is 0 Å². The lowest BCUT2D eigenvalue weighted by atomic mass is 9.91. The summed E-state index contributed by atoms with van der Waals surface area (Å²) in [7, 11) is 0. The molecule has 12 aromatic carbocycles. The zero-order chi connectivity index (χ0) is 45.9. The quantitative estimate of drug-likeness (QED) is 0.162. The number of nitrogens with zero attached hydrogens (tertiary/aromatic N) is 4. The van der Waals surface area contributed by atoms with E-state index in [9.17, 15) is 0 Å². The molecule has 0 aliphatic carbocycles. The van der Waals surface area contributed by atoms with Crippen LogP contribution in [-0.4, -0.2) is 19.5 Å². The van der Waals surface area contributed by atoms with E-state index in [0.29, 0.717) is 17.5 Å². The van der Waals surface area contributed by atoms with Crippen LogP contribution in [0.3, 0.4) is 0 Å². The third-order valence-electron chi connectivity index (χ3n) is 14.4. The molecule has 0 unspecified atom stereocenters. The summed E-state index contributed by atoms with van der Waals surface area (Å²) in [4.78, 5) is 16.4. The minimum atomic E-state index is 0.579. The Morgan fingerprint density at radius 3 is 1.64 bits per heavy atom. The fourth-order valence-electron chi connectivity index (χ4n) is 11.3. The summed E-state index contributed by atoms with van der Waals surface area (Å²) in [5, 5.41) is 16.1. The summed E-state index contributed by atoms with van der Waals surface area (Å²) in [6, 6.07) is 82.2. The zero-order valence-corrected chi connectivity index (χ0v) is 37.6. The minimum absolute atomic E-state index is 0.579. The molecular formula is C65H38N4O. The molecule has 70 heavy (non-hydrogen) atoms. The molecular weight excluding hydrogens is 853 g/mol. The van der Waals surface area contributed by atoms with E-state index in [-0.39, 0.29) is 0 Å². The lowest BCUT2D eigenvalue weighted by Gasteiger charge is -2.17. The van der Waals surface area contributed by atoms with Crippen LogP contribution in [0.1, 0.15) is 0 Å². The van der Waals surface area contributed by atoms with Crippen molar-refractivity contribution in [3.8, 4) is 51.0 Å². The summed E-state index contributed by atoms with van der Waals surface area (Å²) in [5.74, 6) is 1.79. The van der Waals surface area contributed by atoms with Crippen LogP contribution in [0.15, 0.2) is 235 Å². The van der Waals surface area contributed by atoms with E-state index in [1.54, 1.807) is 0 Å². The smallest absolute Gasteiger partial charge is 0.164 e. The number of hydrogen-bond donors (Lipinski definition) is 0. The third-order valence-corrected chi connectivity index (χ3v) is 14.4. The van der Waals surface area contributed by atoms with Gasteiger partial charge in [-0.3, -0.25) is 0 Å². The number of para-hydroxylation sites is 2. The first-order valence-corrected chi connectivity index (χ1v) is 23.8. The molecule has 15 rings (SSSR count). The SMILES string of the molecule is c1ccc(-c2nc(-c3ccc(-n4c5ccccc5c5cc6ccccc6cc54)cc3-c3cc4ccccc4c4oc5ccccc5c34)nc(-c3cccc4c5ccccc5c5ccccc5c34)n2)cc1. The second kappa shape index (κ2) is 15.0. The van der Waals surface area contributed by atoms with Gasteiger partial charge in [-0.05, 0) is 103 Å². The molecule has 0 radical (unpaired) electrons. The predicted molar refractivity (Wildman–Crippen MR) is 291 cm³/mol. The van der Waals surface area contributed by atoms with E-state index in [0.717, 1.165) is 93.4 Å². The normalized spacial score (nSPS) is 12.0. The second-order valence-corrected chi connectivity index (χ2v) is 18.2. The van der Waals surface area contributed by atoms with Gasteiger partial charge < -0.3 is 8.98 Å². The molecule has 3 aromatic heterocycles. The van der Waals surface area contributed by atoms with Gasteiger partial charge in [-0.1, -0.05) is 182 Å². The van der Waals surface area contributed by atoms with E-state index in [1.807, 2.05) is 24.3 Å². The van der Waals surface area contributed by atoms with E-state index < -0.39 is 0 Å². The van der Waals surface area contributed by atoms with Crippen LogP contribution < -0.4 is 0 Å². The second-order valence-electron chi connectivity index (χ2n) is 18.2. The predicted octanol–water partition coefficient (Wildman–Crippen LogP) is 17.3. The molecule has 0 bridgehead atoms. The van der Waals surface area contributed by atoms with Crippen molar-refractivity contribution < 1.29 is 4.42 Å². The van der Waals surface area contributed by atoms with Gasteiger partial charge in [0.05, 0.1) is 11.0 Å². The first-order valence-electron chi connectivity index (χ1n) is 23.8. The Morgan fingerprint density at radius 1 is 0.300 bits per heavy atom. The Morgan fingerprint density at radius 2 is 0.871 bits per heavy atom. The van der Waals surface area contributed by atoms with Crippen LogP contribution in [0.25, 0.3) is 149 Å². The van der Waals surface area contributed by atoms with E-state index in [4.69, 9.17) is 19.4 Å². The summed E-state index contributed by atoms with van der Waals surface area (Å²) in [6.07, 6.45) is 0. The van der Waals surface area contributed by atoms with Crippen molar-refractivity contribution in [1.29, 1.82) is 0 Å². The number of benzene rings is 12. The Balaban J connectivity index is 1.07. The molecule has 324 valence electrons. The third kappa shape index (κ3) is 5.76. The molecule has 3 heterocycles. The Hall–Kier alpha value is -9.45. The zero-order valence-electron chi connectivity index (χ0n) is 37.6. The van der Waals surface area contributed by atoms with Crippen LogP contribution in [-0.2, 0) is 0 Å². The van der Waals surface area contributed by atoms with Gasteiger partial charge in [0.15, 0.2) is 17.5 Å². The van der Waals surface area contributed by atoms with Gasteiger partial charge in [0, 0.05) is 54.7 Å².